The highest BCUT2D eigenvalue weighted by molar-refractivity contribution is 5.98. The Balaban J connectivity index is 1.20. The van der Waals surface area contributed by atoms with Crippen LogP contribution in [0.3, 0.4) is 0 Å². The fourth-order valence-corrected chi connectivity index (χ4v) is 5.25. The third-order valence-electron chi connectivity index (χ3n) is 7.27. The molecule has 0 bridgehead atoms. The molecule has 2 amide bonds. The molecule has 1 saturated heterocycles. The predicted molar refractivity (Wildman–Crippen MR) is 134 cm³/mol. The Labute approximate surface area is 214 Å². The molecule has 1 spiro atoms. The van der Waals surface area contributed by atoms with Crippen molar-refractivity contribution in [3.8, 4) is 12.1 Å². The van der Waals surface area contributed by atoms with Crippen LogP contribution in [0.25, 0.3) is 0 Å². The number of nitrogens with one attached hydrogen (secondary N) is 3. The van der Waals surface area contributed by atoms with Gasteiger partial charge in [0, 0.05) is 51.1 Å². The summed E-state index contributed by atoms with van der Waals surface area (Å²) in [6.07, 6.45) is 5.15. The predicted octanol–water partition coefficient (Wildman–Crippen LogP) is 1.62. The van der Waals surface area contributed by atoms with Crippen LogP contribution < -0.4 is 20.3 Å². The van der Waals surface area contributed by atoms with Gasteiger partial charge in [0.1, 0.15) is 17.3 Å². The van der Waals surface area contributed by atoms with Crippen LogP contribution >= 0.6 is 0 Å². The van der Waals surface area contributed by atoms with Crippen LogP contribution in [0.15, 0.2) is 28.9 Å². The number of hydrogen-bond donors (Lipinski definition) is 3. The Bertz CT molecular complexity index is 1250. The van der Waals surface area contributed by atoms with Crippen LogP contribution in [0.2, 0.25) is 0 Å². The highest BCUT2D eigenvalue weighted by Gasteiger charge is 2.51. The van der Waals surface area contributed by atoms with Crippen molar-refractivity contribution < 1.29 is 18.7 Å². The quantitative estimate of drug-likeness (QED) is 0.238. The average molecular weight is 507 g/mol. The summed E-state index contributed by atoms with van der Waals surface area (Å²) >= 11 is 0. The van der Waals surface area contributed by atoms with E-state index in [9.17, 15) is 9.59 Å². The number of nitrogens with zero attached hydrogens (tertiary/aromatic N) is 5. The minimum atomic E-state index is -0.435. The van der Waals surface area contributed by atoms with Crippen molar-refractivity contribution in [2.24, 2.45) is 5.92 Å². The van der Waals surface area contributed by atoms with Gasteiger partial charge in [-0.3, -0.25) is 19.9 Å². The molecule has 3 aliphatic rings. The molecule has 0 atom stereocenters. The number of rotatable bonds is 5. The van der Waals surface area contributed by atoms with Gasteiger partial charge in [0.25, 0.3) is 5.91 Å². The SMILES string of the molecule is CCOc1nc(N2CCN(C(=N)N(C)C#N)CC2)ccc1NC(=O)C1CC2(Cc3occc3C(=O)N2)C1. The molecule has 12 nitrogen and oxygen atoms in total. The summed E-state index contributed by atoms with van der Waals surface area (Å²) in [5.74, 6) is 1.42. The van der Waals surface area contributed by atoms with Crippen molar-refractivity contribution in [1.29, 1.82) is 10.7 Å². The van der Waals surface area contributed by atoms with Gasteiger partial charge in [-0.15, -0.1) is 0 Å². The van der Waals surface area contributed by atoms with E-state index in [0.717, 1.165) is 5.82 Å². The van der Waals surface area contributed by atoms with Gasteiger partial charge in [-0.1, -0.05) is 0 Å². The molecule has 2 aromatic rings. The largest absolute Gasteiger partial charge is 0.476 e. The number of nitriles is 1. The number of furan rings is 1. The van der Waals surface area contributed by atoms with Crippen LogP contribution in [0.5, 0.6) is 5.88 Å². The van der Waals surface area contributed by atoms with Crippen LogP contribution in [0, 0.1) is 22.8 Å². The van der Waals surface area contributed by atoms with Gasteiger partial charge < -0.3 is 29.6 Å². The van der Waals surface area contributed by atoms with E-state index in [4.69, 9.17) is 19.8 Å². The van der Waals surface area contributed by atoms with Crippen molar-refractivity contribution in [3.63, 3.8) is 0 Å². The molecule has 1 saturated carbocycles. The maximum absolute atomic E-state index is 13.0. The molecule has 2 aromatic heterocycles. The summed E-state index contributed by atoms with van der Waals surface area (Å²) < 4.78 is 11.2. The average Bonchev–Trinajstić information content (AvgIpc) is 3.36. The van der Waals surface area contributed by atoms with Crippen LogP contribution in [-0.2, 0) is 11.2 Å². The Morgan fingerprint density at radius 2 is 2.11 bits per heavy atom. The molecule has 37 heavy (non-hydrogen) atoms. The minimum Gasteiger partial charge on any atom is -0.476 e. The fraction of sp³-hybridized carbons (Fsp3) is 0.480. The number of fused-ring (bicyclic) bond motifs is 1. The van der Waals surface area contributed by atoms with Crippen molar-refractivity contribution in [3.05, 3.63) is 35.8 Å². The van der Waals surface area contributed by atoms with Gasteiger partial charge in [-0.2, -0.15) is 10.2 Å². The number of amides is 2. The number of anilines is 2. The van der Waals surface area contributed by atoms with E-state index in [1.807, 2.05) is 24.1 Å². The molecule has 12 heteroatoms. The van der Waals surface area contributed by atoms with E-state index in [1.54, 1.807) is 19.2 Å². The third-order valence-corrected chi connectivity index (χ3v) is 7.27. The summed E-state index contributed by atoms with van der Waals surface area (Å²) in [5, 5.41) is 23.1. The normalized spacial score (nSPS) is 22.4. The van der Waals surface area contributed by atoms with Crippen LogP contribution in [-0.4, -0.2) is 77.9 Å². The van der Waals surface area contributed by atoms with Crippen molar-refractivity contribution in [2.75, 3.05) is 50.1 Å². The first-order valence-electron chi connectivity index (χ1n) is 12.4. The van der Waals surface area contributed by atoms with Gasteiger partial charge in [0.15, 0.2) is 6.19 Å². The zero-order valence-electron chi connectivity index (χ0n) is 20.9. The Kier molecular flexibility index (Phi) is 6.37. The first-order chi connectivity index (χ1) is 17.8. The second kappa shape index (κ2) is 9.65. The van der Waals surface area contributed by atoms with E-state index < -0.39 is 5.54 Å². The number of carbonyl (C=O) groups excluding carboxylic acids is 2. The molecular weight excluding hydrogens is 476 g/mol. The highest BCUT2D eigenvalue weighted by atomic mass is 16.5. The zero-order chi connectivity index (χ0) is 26.2. The van der Waals surface area contributed by atoms with E-state index in [-0.39, 0.29) is 23.7 Å². The van der Waals surface area contributed by atoms with Gasteiger partial charge in [0.2, 0.25) is 17.7 Å². The van der Waals surface area contributed by atoms with Gasteiger partial charge in [-0.25, -0.2) is 0 Å². The maximum atomic E-state index is 13.0. The Morgan fingerprint density at radius 1 is 1.35 bits per heavy atom. The minimum absolute atomic E-state index is 0.130. The van der Waals surface area contributed by atoms with Crippen molar-refractivity contribution in [1.82, 2.24) is 20.1 Å². The molecule has 0 aromatic carbocycles. The number of carbonyl (C=O) groups is 2. The standard InChI is InChI=1S/C25H30N8O4/c1-3-36-23-18(4-5-20(29-23)32-7-9-33(10-8-32)24(27)31(2)15-26)28-21(34)16-12-25(13-16)14-19-17(6-11-37-19)22(35)30-25/h4-6,11,16,27H,3,7-10,12-14H2,1-2H3,(H,28,34)(H,30,35). The van der Waals surface area contributed by atoms with Gasteiger partial charge >= 0.3 is 0 Å². The van der Waals surface area contributed by atoms with Crippen LogP contribution in [0.1, 0.15) is 35.9 Å². The second-order valence-electron chi connectivity index (χ2n) is 9.68. The lowest BCUT2D eigenvalue weighted by Gasteiger charge is -2.48. The lowest BCUT2D eigenvalue weighted by molar-refractivity contribution is -0.125. The molecule has 3 N–H and O–H groups in total. The van der Waals surface area contributed by atoms with E-state index in [1.165, 1.54) is 11.2 Å². The molecule has 2 aliphatic heterocycles. The van der Waals surface area contributed by atoms with E-state index >= 15 is 0 Å². The zero-order valence-corrected chi connectivity index (χ0v) is 20.9. The molecule has 5 rings (SSSR count). The number of guanidine groups is 1. The van der Waals surface area contributed by atoms with Gasteiger partial charge in [0.05, 0.1) is 18.4 Å². The lowest BCUT2D eigenvalue weighted by atomic mass is 9.64. The molecule has 194 valence electrons. The van der Waals surface area contributed by atoms with Crippen molar-refractivity contribution in [2.45, 2.75) is 31.7 Å². The maximum Gasteiger partial charge on any atom is 0.255 e. The van der Waals surface area contributed by atoms with Crippen LogP contribution in [0.4, 0.5) is 11.5 Å². The fourth-order valence-electron chi connectivity index (χ4n) is 5.25. The second-order valence-corrected chi connectivity index (χ2v) is 9.68. The summed E-state index contributed by atoms with van der Waals surface area (Å²) in [4.78, 5) is 35.2. The Morgan fingerprint density at radius 3 is 2.81 bits per heavy atom. The molecule has 2 fully saturated rings. The summed E-state index contributed by atoms with van der Waals surface area (Å²) in [7, 11) is 1.57. The summed E-state index contributed by atoms with van der Waals surface area (Å²) in [5.41, 5.74) is 0.642. The first kappa shape index (κ1) is 24.4. The molecule has 1 aliphatic carbocycles. The molecule has 0 unspecified atom stereocenters. The van der Waals surface area contributed by atoms with Gasteiger partial charge in [-0.05, 0) is 38.0 Å². The van der Waals surface area contributed by atoms with Crippen molar-refractivity contribution >= 4 is 29.3 Å². The first-order valence-corrected chi connectivity index (χ1v) is 12.4. The number of hydrogen-bond acceptors (Lipinski definition) is 8. The molecule has 4 heterocycles. The monoisotopic (exact) mass is 506 g/mol. The number of aromatic nitrogens is 1. The third kappa shape index (κ3) is 4.64. The summed E-state index contributed by atoms with van der Waals surface area (Å²) in [6, 6.07) is 5.32. The van der Waals surface area contributed by atoms with E-state index in [2.05, 4.69) is 20.5 Å². The lowest BCUT2D eigenvalue weighted by Crippen LogP contribution is -2.62. The number of piperazine rings is 1. The molecule has 0 radical (unpaired) electrons. The topological polar surface area (TPSA) is 151 Å². The highest BCUT2D eigenvalue weighted by Crippen LogP contribution is 2.44. The molecular formula is C25H30N8O4. The number of pyridine rings is 1. The Hall–Kier alpha value is -4.27. The number of ether oxygens (including phenoxy) is 1. The van der Waals surface area contributed by atoms with E-state index in [0.29, 0.717) is 74.9 Å². The summed E-state index contributed by atoms with van der Waals surface area (Å²) in [6.45, 7) is 4.72. The smallest absolute Gasteiger partial charge is 0.255 e.